The van der Waals surface area contributed by atoms with Crippen molar-refractivity contribution in [2.75, 3.05) is 13.7 Å². The molecule has 1 aromatic rings. The van der Waals surface area contributed by atoms with Crippen LogP contribution < -0.4 is 20.1 Å². The van der Waals surface area contributed by atoms with Crippen LogP contribution in [-0.4, -0.2) is 43.3 Å². The summed E-state index contributed by atoms with van der Waals surface area (Å²) in [7, 11) is 1.46. The highest BCUT2D eigenvalue weighted by molar-refractivity contribution is 5.98. The van der Waals surface area contributed by atoms with Crippen molar-refractivity contribution in [2.24, 2.45) is 0 Å². The van der Waals surface area contributed by atoms with Crippen LogP contribution in [0.4, 0.5) is 4.79 Å². The number of esters is 1. The quantitative estimate of drug-likeness (QED) is 0.749. The first kappa shape index (κ1) is 21.3. The Bertz CT molecular complexity index is 666. The fourth-order valence-corrected chi connectivity index (χ4v) is 1.94. The summed E-state index contributed by atoms with van der Waals surface area (Å²) in [6.07, 6.45) is -1.15. The summed E-state index contributed by atoms with van der Waals surface area (Å²) in [6.45, 7) is 8.99. The van der Waals surface area contributed by atoms with E-state index in [4.69, 9.17) is 14.2 Å². The Morgan fingerprint density at radius 3 is 2.35 bits per heavy atom. The van der Waals surface area contributed by atoms with Gasteiger partial charge in [0.25, 0.3) is 5.91 Å². The Morgan fingerprint density at radius 2 is 1.81 bits per heavy atom. The smallest absolute Gasteiger partial charge is 0.339 e. The van der Waals surface area contributed by atoms with E-state index in [0.29, 0.717) is 18.1 Å². The minimum atomic E-state index is -1.15. The summed E-state index contributed by atoms with van der Waals surface area (Å²) in [5.74, 6) is -0.567. The molecule has 0 aliphatic carbocycles. The molecule has 0 aromatic heterocycles. The molecule has 8 nitrogen and oxygen atoms in total. The number of nitrogens with one attached hydrogen (secondary N) is 2. The monoisotopic (exact) mass is 366 g/mol. The highest BCUT2D eigenvalue weighted by Gasteiger charge is 2.23. The highest BCUT2D eigenvalue weighted by Crippen LogP contribution is 2.28. The van der Waals surface area contributed by atoms with E-state index in [-0.39, 0.29) is 5.56 Å². The standard InChI is InChI=1S/C18H26N2O6/c1-7-25-13-9-8-12(10-14(13)24-6)16(22)26-11(2)15(21)19-17(23)20-18(3,4)5/h8-11H,7H2,1-6H3,(H2,19,20,21,23)/t11-/m0/s1. The van der Waals surface area contributed by atoms with Crippen molar-refractivity contribution >= 4 is 17.9 Å². The number of carbonyl (C=O) groups is 3. The van der Waals surface area contributed by atoms with Crippen LogP contribution in [0.5, 0.6) is 11.5 Å². The fraction of sp³-hybridized carbons (Fsp3) is 0.500. The van der Waals surface area contributed by atoms with Crippen molar-refractivity contribution in [3.63, 3.8) is 0 Å². The number of hydrogen-bond donors (Lipinski definition) is 2. The average Bonchev–Trinajstić information content (AvgIpc) is 2.53. The molecule has 0 radical (unpaired) electrons. The van der Waals surface area contributed by atoms with Gasteiger partial charge in [-0.25, -0.2) is 9.59 Å². The molecule has 1 rings (SSSR count). The Labute approximate surface area is 153 Å². The van der Waals surface area contributed by atoms with Gasteiger partial charge in [-0.1, -0.05) is 0 Å². The maximum Gasteiger partial charge on any atom is 0.339 e. The maximum absolute atomic E-state index is 12.2. The molecule has 2 N–H and O–H groups in total. The molecule has 0 fully saturated rings. The first-order valence-corrected chi connectivity index (χ1v) is 8.22. The number of urea groups is 1. The number of amides is 3. The van der Waals surface area contributed by atoms with E-state index < -0.39 is 29.6 Å². The summed E-state index contributed by atoms with van der Waals surface area (Å²) in [5.41, 5.74) is -0.299. The second kappa shape index (κ2) is 9.07. The van der Waals surface area contributed by atoms with E-state index in [1.165, 1.54) is 26.2 Å². The predicted molar refractivity (Wildman–Crippen MR) is 95.5 cm³/mol. The van der Waals surface area contributed by atoms with Crippen molar-refractivity contribution in [1.82, 2.24) is 10.6 Å². The van der Waals surface area contributed by atoms with Crippen molar-refractivity contribution in [3.05, 3.63) is 23.8 Å². The first-order valence-electron chi connectivity index (χ1n) is 8.22. The second-order valence-electron chi connectivity index (χ2n) is 6.54. The van der Waals surface area contributed by atoms with Crippen LogP contribution in [0.1, 0.15) is 45.0 Å². The molecule has 0 heterocycles. The molecular formula is C18H26N2O6. The molecule has 26 heavy (non-hydrogen) atoms. The largest absolute Gasteiger partial charge is 0.493 e. The molecule has 0 aliphatic rings. The summed E-state index contributed by atoms with van der Waals surface area (Å²) in [5, 5.41) is 4.71. The molecule has 0 aliphatic heterocycles. The Balaban J connectivity index is 2.71. The maximum atomic E-state index is 12.2. The Morgan fingerprint density at radius 1 is 1.15 bits per heavy atom. The van der Waals surface area contributed by atoms with Gasteiger partial charge in [0.05, 0.1) is 19.3 Å². The van der Waals surface area contributed by atoms with E-state index in [1.807, 2.05) is 6.92 Å². The number of ether oxygens (including phenoxy) is 3. The van der Waals surface area contributed by atoms with Crippen molar-refractivity contribution < 1.29 is 28.6 Å². The lowest BCUT2D eigenvalue weighted by Crippen LogP contribution is -2.50. The van der Waals surface area contributed by atoms with Crippen molar-refractivity contribution in [2.45, 2.75) is 46.3 Å². The number of hydrogen-bond acceptors (Lipinski definition) is 6. The molecule has 0 saturated carbocycles. The van der Waals surface area contributed by atoms with E-state index in [2.05, 4.69) is 10.6 Å². The van der Waals surface area contributed by atoms with E-state index >= 15 is 0 Å². The summed E-state index contributed by atoms with van der Waals surface area (Å²) in [4.78, 5) is 35.9. The van der Waals surface area contributed by atoms with Gasteiger partial charge < -0.3 is 19.5 Å². The van der Waals surface area contributed by atoms with Gasteiger partial charge in [0, 0.05) is 5.54 Å². The van der Waals surface area contributed by atoms with Gasteiger partial charge in [-0.3, -0.25) is 10.1 Å². The molecule has 0 unspecified atom stereocenters. The zero-order valence-electron chi connectivity index (χ0n) is 16.0. The molecule has 0 saturated heterocycles. The predicted octanol–water partition coefficient (Wildman–Crippen LogP) is 2.26. The molecule has 3 amide bonds. The lowest BCUT2D eigenvalue weighted by Gasteiger charge is -2.21. The van der Waals surface area contributed by atoms with Crippen LogP contribution in [-0.2, 0) is 9.53 Å². The molecule has 1 atom stereocenters. The van der Waals surface area contributed by atoms with Gasteiger partial charge in [-0.2, -0.15) is 0 Å². The Hall–Kier alpha value is -2.77. The average molecular weight is 366 g/mol. The van der Waals surface area contributed by atoms with Crippen LogP contribution in [0.15, 0.2) is 18.2 Å². The van der Waals surface area contributed by atoms with E-state index in [0.717, 1.165) is 0 Å². The third-order valence-electron chi connectivity index (χ3n) is 3.08. The highest BCUT2D eigenvalue weighted by atomic mass is 16.5. The van der Waals surface area contributed by atoms with Gasteiger partial charge in [0.15, 0.2) is 17.6 Å². The molecule has 0 bridgehead atoms. The summed E-state index contributed by atoms with van der Waals surface area (Å²) >= 11 is 0. The number of methoxy groups -OCH3 is 1. The zero-order valence-corrected chi connectivity index (χ0v) is 16.0. The second-order valence-corrected chi connectivity index (χ2v) is 6.54. The minimum Gasteiger partial charge on any atom is -0.493 e. The first-order chi connectivity index (χ1) is 12.1. The fourth-order valence-electron chi connectivity index (χ4n) is 1.94. The molecule has 0 spiro atoms. The molecular weight excluding hydrogens is 340 g/mol. The van der Waals surface area contributed by atoms with Crippen LogP contribution in [0.2, 0.25) is 0 Å². The van der Waals surface area contributed by atoms with E-state index in [1.54, 1.807) is 26.8 Å². The Kier molecular flexibility index (Phi) is 7.42. The third-order valence-corrected chi connectivity index (χ3v) is 3.08. The van der Waals surface area contributed by atoms with Gasteiger partial charge in [-0.05, 0) is 52.8 Å². The van der Waals surface area contributed by atoms with Gasteiger partial charge in [0.2, 0.25) is 0 Å². The summed E-state index contributed by atoms with van der Waals surface area (Å²) in [6, 6.07) is 3.89. The SMILES string of the molecule is CCOc1ccc(C(=O)O[C@@H](C)C(=O)NC(=O)NC(C)(C)C)cc1OC. The lowest BCUT2D eigenvalue weighted by molar-refractivity contribution is -0.127. The topological polar surface area (TPSA) is 103 Å². The van der Waals surface area contributed by atoms with E-state index in [9.17, 15) is 14.4 Å². The minimum absolute atomic E-state index is 0.198. The van der Waals surface area contributed by atoms with Crippen molar-refractivity contribution in [3.8, 4) is 11.5 Å². The molecule has 1 aromatic carbocycles. The lowest BCUT2D eigenvalue weighted by atomic mass is 10.1. The number of imide groups is 1. The summed E-state index contributed by atoms with van der Waals surface area (Å²) < 4.78 is 15.7. The van der Waals surface area contributed by atoms with Crippen molar-refractivity contribution in [1.29, 1.82) is 0 Å². The third kappa shape index (κ3) is 6.62. The molecule has 144 valence electrons. The number of benzene rings is 1. The van der Waals surface area contributed by atoms with Crippen LogP contribution >= 0.6 is 0 Å². The van der Waals surface area contributed by atoms with Gasteiger partial charge >= 0.3 is 12.0 Å². The van der Waals surface area contributed by atoms with Gasteiger partial charge in [0.1, 0.15) is 0 Å². The zero-order chi connectivity index (χ0) is 19.9. The van der Waals surface area contributed by atoms with Gasteiger partial charge in [-0.15, -0.1) is 0 Å². The normalized spacial score (nSPS) is 11.9. The van der Waals surface area contributed by atoms with Crippen LogP contribution in [0.25, 0.3) is 0 Å². The molecule has 8 heteroatoms. The number of carbonyl (C=O) groups excluding carboxylic acids is 3. The van der Waals surface area contributed by atoms with Crippen LogP contribution in [0, 0.1) is 0 Å². The van der Waals surface area contributed by atoms with Crippen LogP contribution in [0.3, 0.4) is 0 Å². The number of rotatable bonds is 6.